The molecule has 3 nitrogen and oxygen atoms in total. The van der Waals surface area contributed by atoms with Crippen LogP contribution in [0.1, 0.15) is 41.4 Å². The van der Waals surface area contributed by atoms with E-state index in [1.807, 2.05) is 30.7 Å². The molecule has 2 aromatic rings. The monoisotopic (exact) mass is 231 g/mol. The van der Waals surface area contributed by atoms with E-state index in [1.54, 1.807) is 0 Å². The Bertz CT molecular complexity index is 594. The Morgan fingerprint density at radius 1 is 1.35 bits per heavy atom. The van der Waals surface area contributed by atoms with Gasteiger partial charge in [0.2, 0.25) is 0 Å². The lowest BCUT2D eigenvalue weighted by Crippen LogP contribution is -1.99. The SMILES string of the molecule is Cc1c(C(=O)O)c2cc(C(C)C)ccc2n1C. The van der Waals surface area contributed by atoms with Gasteiger partial charge in [0.1, 0.15) is 0 Å². The van der Waals surface area contributed by atoms with Crippen LogP contribution < -0.4 is 0 Å². The van der Waals surface area contributed by atoms with Crippen molar-refractivity contribution >= 4 is 16.9 Å². The third kappa shape index (κ3) is 1.71. The molecule has 0 fully saturated rings. The van der Waals surface area contributed by atoms with Gasteiger partial charge in [0.05, 0.1) is 5.56 Å². The van der Waals surface area contributed by atoms with Gasteiger partial charge < -0.3 is 9.67 Å². The van der Waals surface area contributed by atoms with Crippen molar-refractivity contribution in [1.82, 2.24) is 4.57 Å². The number of aromatic nitrogens is 1. The standard InChI is InChI=1S/C14H17NO2/c1-8(2)10-5-6-12-11(7-10)13(14(16)17)9(3)15(12)4/h5-8H,1-4H3,(H,16,17). The van der Waals surface area contributed by atoms with E-state index in [9.17, 15) is 9.90 Å². The third-order valence-electron chi connectivity index (χ3n) is 3.40. The van der Waals surface area contributed by atoms with Crippen molar-refractivity contribution in [2.75, 3.05) is 0 Å². The normalized spacial score (nSPS) is 11.4. The molecule has 3 heteroatoms. The Hall–Kier alpha value is -1.77. The molecular weight excluding hydrogens is 214 g/mol. The largest absolute Gasteiger partial charge is 0.478 e. The van der Waals surface area contributed by atoms with Gasteiger partial charge in [0.15, 0.2) is 0 Å². The Labute approximate surface area is 101 Å². The number of carboxylic acids is 1. The van der Waals surface area contributed by atoms with E-state index in [2.05, 4.69) is 19.9 Å². The molecule has 1 N–H and O–H groups in total. The summed E-state index contributed by atoms with van der Waals surface area (Å²) in [6.45, 7) is 6.06. The maximum Gasteiger partial charge on any atom is 0.338 e. The fourth-order valence-electron chi connectivity index (χ4n) is 2.22. The first-order chi connectivity index (χ1) is 7.93. The molecule has 0 atom stereocenters. The van der Waals surface area contributed by atoms with Crippen LogP contribution in [-0.2, 0) is 7.05 Å². The lowest BCUT2D eigenvalue weighted by molar-refractivity contribution is 0.0698. The lowest BCUT2D eigenvalue weighted by atomic mass is 10.00. The van der Waals surface area contributed by atoms with Crippen LogP contribution in [0.4, 0.5) is 0 Å². The molecule has 17 heavy (non-hydrogen) atoms. The minimum absolute atomic E-state index is 0.404. The topological polar surface area (TPSA) is 42.2 Å². The first-order valence-electron chi connectivity index (χ1n) is 5.75. The number of carbonyl (C=O) groups is 1. The molecule has 0 radical (unpaired) electrons. The van der Waals surface area contributed by atoms with Crippen molar-refractivity contribution in [3.63, 3.8) is 0 Å². The zero-order valence-corrected chi connectivity index (χ0v) is 10.6. The molecule has 0 unspecified atom stereocenters. The van der Waals surface area contributed by atoms with Crippen molar-refractivity contribution < 1.29 is 9.90 Å². The van der Waals surface area contributed by atoms with Crippen molar-refractivity contribution in [2.45, 2.75) is 26.7 Å². The molecule has 0 aliphatic carbocycles. The molecule has 1 aromatic carbocycles. The zero-order valence-electron chi connectivity index (χ0n) is 10.6. The van der Waals surface area contributed by atoms with Crippen molar-refractivity contribution in [2.24, 2.45) is 7.05 Å². The zero-order chi connectivity index (χ0) is 12.7. The highest BCUT2D eigenvalue weighted by atomic mass is 16.4. The Morgan fingerprint density at radius 2 is 2.00 bits per heavy atom. The highest BCUT2D eigenvalue weighted by molar-refractivity contribution is 6.05. The highest BCUT2D eigenvalue weighted by Crippen LogP contribution is 2.28. The summed E-state index contributed by atoms with van der Waals surface area (Å²) in [7, 11) is 1.90. The van der Waals surface area contributed by atoms with E-state index in [1.165, 1.54) is 5.56 Å². The van der Waals surface area contributed by atoms with Crippen LogP contribution in [0.15, 0.2) is 18.2 Å². The predicted molar refractivity (Wildman–Crippen MR) is 68.7 cm³/mol. The van der Waals surface area contributed by atoms with Gasteiger partial charge in [-0.3, -0.25) is 0 Å². The van der Waals surface area contributed by atoms with Gasteiger partial charge in [-0.05, 0) is 30.5 Å². The van der Waals surface area contributed by atoms with E-state index in [4.69, 9.17) is 0 Å². The van der Waals surface area contributed by atoms with Crippen LogP contribution in [0.25, 0.3) is 10.9 Å². The summed E-state index contributed by atoms with van der Waals surface area (Å²) in [5, 5.41) is 10.1. The molecule has 0 aliphatic rings. The Kier molecular flexibility index (Phi) is 2.69. The highest BCUT2D eigenvalue weighted by Gasteiger charge is 2.18. The Balaban J connectivity index is 2.83. The van der Waals surface area contributed by atoms with Gasteiger partial charge in [-0.25, -0.2) is 4.79 Å². The van der Waals surface area contributed by atoms with E-state index >= 15 is 0 Å². The molecule has 0 amide bonds. The van der Waals surface area contributed by atoms with Crippen molar-refractivity contribution in [3.8, 4) is 0 Å². The smallest absolute Gasteiger partial charge is 0.338 e. The average molecular weight is 231 g/mol. The van der Waals surface area contributed by atoms with Crippen LogP contribution in [0.2, 0.25) is 0 Å². The number of fused-ring (bicyclic) bond motifs is 1. The molecule has 90 valence electrons. The minimum Gasteiger partial charge on any atom is -0.478 e. The summed E-state index contributed by atoms with van der Waals surface area (Å²) in [6, 6.07) is 6.07. The third-order valence-corrected chi connectivity index (χ3v) is 3.40. The van der Waals surface area contributed by atoms with Crippen molar-refractivity contribution in [1.29, 1.82) is 0 Å². The molecule has 0 saturated heterocycles. The summed E-state index contributed by atoms with van der Waals surface area (Å²) >= 11 is 0. The number of hydrogen-bond donors (Lipinski definition) is 1. The molecule has 0 spiro atoms. The average Bonchev–Trinajstić information content (AvgIpc) is 2.51. The lowest BCUT2D eigenvalue weighted by Gasteiger charge is -2.05. The Morgan fingerprint density at radius 3 is 2.53 bits per heavy atom. The number of aryl methyl sites for hydroxylation is 1. The predicted octanol–water partition coefficient (Wildman–Crippen LogP) is 3.31. The van der Waals surface area contributed by atoms with Crippen molar-refractivity contribution in [3.05, 3.63) is 35.0 Å². The van der Waals surface area contributed by atoms with E-state index in [0.717, 1.165) is 16.6 Å². The number of carboxylic acid groups (broad SMARTS) is 1. The summed E-state index contributed by atoms with van der Waals surface area (Å²) < 4.78 is 1.93. The van der Waals surface area contributed by atoms with E-state index in [0.29, 0.717) is 11.5 Å². The number of rotatable bonds is 2. The molecular formula is C14H17NO2. The van der Waals surface area contributed by atoms with Gasteiger partial charge in [-0.1, -0.05) is 19.9 Å². The number of nitrogens with zero attached hydrogens (tertiary/aromatic N) is 1. The quantitative estimate of drug-likeness (QED) is 0.861. The minimum atomic E-state index is -0.853. The van der Waals surface area contributed by atoms with Crippen LogP contribution in [0, 0.1) is 6.92 Å². The van der Waals surface area contributed by atoms with Gasteiger partial charge in [-0.2, -0.15) is 0 Å². The summed E-state index contributed by atoms with van der Waals surface area (Å²) in [5.41, 5.74) is 3.37. The van der Waals surface area contributed by atoms with E-state index in [-0.39, 0.29) is 0 Å². The summed E-state index contributed by atoms with van der Waals surface area (Å²) in [4.78, 5) is 11.3. The molecule has 2 rings (SSSR count). The maximum absolute atomic E-state index is 11.3. The number of aromatic carboxylic acids is 1. The van der Waals surface area contributed by atoms with Crippen LogP contribution in [0.3, 0.4) is 0 Å². The van der Waals surface area contributed by atoms with Crippen LogP contribution >= 0.6 is 0 Å². The van der Waals surface area contributed by atoms with Crippen LogP contribution in [0.5, 0.6) is 0 Å². The van der Waals surface area contributed by atoms with Crippen LogP contribution in [-0.4, -0.2) is 15.6 Å². The number of benzene rings is 1. The van der Waals surface area contributed by atoms with Gasteiger partial charge in [0.25, 0.3) is 0 Å². The molecule has 0 aliphatic heterocycles. The molecule has 0 bridgehead atoms. The van der Waals surface area contributed by atoms with E-state index < -0.39 is 5.97 Å². The van der Waals surface area contributed by atoms with Gasteiger partial charge in [0, 0.05) is 23.6 Å². The maximum atomic E-state index is 11.3. The first kappa shape index (κ1) is 11.7. The molecule has 0 saturated carbocycles. The first-order valence-corrected chi connectivity index (χ1v) is 5.75. The second-order valence-corrected chi connectivity index (χ2v) is 4.76. The molecule has 1 aromatic heterocycles. The summed E-state index contributed by atoms with van der Waals surface area (Å²) in [5.74, 6) is -0.449. The van der Waals surface area contributed by atoms with Gasteiger partial charge in [-0.15, -0.1) is 0 Å². The summed E-state index contributed by atoms with van der Waals surface area (Å²) in [6.07, 6.45) is 0. The second kappa shape index (κ2) is 3.91. The second-order valence-electron chi connectivity index (χ2n) is 4.76. The molecule has 1 heterocycles. The number of hydrogen-bond acceptors (Lipinski definition) is 1. The fourth-order valence-corrected chi connectivity index (χ4v) is 2.22. The fraction of sp³-hybridized carbons (Fsp3) is 0.357. The van der Waals surface area contributed by atoms with Gasteiger partial charge >= 0.3 is 5.97 Å².